The predicted molar refractivity (Wildman–Crippen MR) is 123 cm³/mol. The van der Waals surface area contributed by atoms with E-state index >= 15 is 0 Å². The van der Waals surface area contributed by atoms with Crippen LogP contribution in [0, 0.1) is 0 Å². The van der Waals surface area contributed by atoms with E-state index in [1.807, 2.05) is 18.2 Å². The van der Waals surface area contributed by atoms with Gasteiger partial charge in [-0.25, -0.2) is 4.68 Å². The summed E-state index contributed by atoms with van der Waals surface area (Å²) in [6.07, 6.45) is -3.14. The maximum absolute atomic E-state index is 11.0. The topological polar surface area (TPSA) is 172 Å². The number of fused-ring (bicyclic) bond motifs is 1. The number of nitrogens with one attached hydrogen (secondary N) is 1. The van der Waals surface area contributed by atoms with Crippen LogP contribution in [0.2, 0.25) is 10.3 Å². The number of aliphatic hydroxyl groups is 2. The Morgan fingerprint density at radius 2 is 2.03 bits per heavy atom. The van der Waals surface area contributed by atoms with Crippen LogP contribution in [0.15, 0.2) is 30.5 Å². The third-order valence-electron chi connectivity index (χ3n) is 5.42. The molecule has 1 aromatic carbocycles. The minimum atomic E-state index is -4.41. The van der Waals surface area contributed by atoms with E-state index in [1.165, 1.54) is 17.8 Å². The molecule has 3 heterocycles. The monoisotopic (exact) mass is 533 g/mol. The minimum Gasteiger partial charge on any atom is -0.385 e. The van der Waals surface area contributed by atoms with Crippen molar-refractivity contribution in [3.05, 3.63) is 46.3 Å². The largest absolute Gasteiger partial charge is 0.385 e. The standard InChI is InChI=1S/C19H22Cl2N5O7P/c1-19(28)13(8-32-9-34(29,30)31)33-17(14(19)27)26-16-11(7-23-26)15(24-18(21)25-16)22-6-10-4-2-3-5-12(10)20/h2-5,7,13-14,17,27-28H,6,8-9H2,1H3,(H,22,24,25)(H2,29,30,31)/t13-,14+,17-,19-/m1/s1. The first-order valence-electron chi connectivity index (χ1n) is 10.0. The summed E-state index contributed by atoms with van der Waals surface area (Å²) in [4.78, 5) is 26.3. The zero-order chi connectivity index (χ0) is 24.7. The molecule has 0 unspecified atom stereocenters. The normalized spacial score (nSPS) is 25.2. The van der Waals surface area contributed by atoms with Crippen LogP contribution in [0.1, 0.15) is 18.7 Å². The number of benzene rings is 1. The highest BCUT2D eigenvalue weighted by atomic mass is 35.5. The van der Waals surface area contributed by atoms with E-state index in [0.717, 1.165) is 5.56 Å². The Hall–Kier alpha value is -1.86. The second-order valence-corrected chi connectivity index (χ2v) is 10.3. The van der Waals surface area contributed by atoms with Gasteiger partial charge < -0.3 is 34.8 Å². The van der Waals surface area contributed by atoms with Crippen molar-refractivity contribution in [2.45, 2.75) is 37.5 Å². The van der Waals surface area contributed by atoms with Crippen LogP contribution in [-0.2, 0) is 20.6 Å². The Morgan fingerprint density at radius 3 is 2.74 bits per heavy atom. The van der Waals surface area contributed by atoms with Crippen LogP contribution in [-0.4, -0.2) is 70.5 Å². The lowest BCUT2D eigenvalue weighted by molar-refractivity contribution is -0.0905. The maximum atomic E-state index is 11.0. The van der Waals surface area contributed by atoms with Crippen LogP contribution < -0.4 is 5.32 Å². The molecule has 0 radical (unpaired) electrons. The summed E-state index contributed by atoms with van der Waals surface area (Å²) >= 11 is 12.3. The lowest BCUT2D eigenvalue weighted by Gasteiger charge is -2.26. The molecule has 0 aliphatic carbocycles. The van der Waals surface area contributed by atoms with Gasteiger partial charge in [0.15, 0.2) is 11.9 Å². The van der Waals surface area contributed by atoms with Gasteiger partial charge in [0.25, 0.3) is 0 Å². The molecule has 5 N–H and O–H groups in total. The second kappa shape index (κ2) is 9.65. The van der Waals surface area contributed by atoms with E-state index in [1.54, 1.807) is 6.07 Å². The van der Waals surface area contributed by atoms with Crippen molar-refractivity contribution >= 4 is 47.6 Å². The fourth-order valence-corrected chi connectivity index (χ4v) is 4.29. The van der Waals surface area contributed by atoms with Gasteiger partial charge in [-0.2, -0.15) is 15.1 Å². The number of nitrogens with zero attached hydrogens (tertiary/aromatic N) is 4. The predicted octanol–water partition coefficient (Wildman–Crippen LogP) is 1.91. The van der Waals surface area contributed by atoms with Crippen LogP contribution in [0.3, 0.4) is 0 Å². The van der Waals surface area contributed by atoms with Gasteiger partial charge in [0.1, 0.15) is 30.0 Å². The van der Waals surface area contributed by atoms with Crippen LogP contribution in [0.5, 0.6) is 0 Å². The lowest BCUT2D eigenvalue weighted by atomic mass is 9.95. The average molecular weight is 534 g/mol. The highest BCUT2D eigenvalue weighted by Gasteiger charge is 2.53. The minimum absolute atomic E-state index is 0.0864. The summed E-state index contributed by atoms with van der Waals surface area (Å²) in [7, 11) is -4.41. The van der Waals surface area contributed by atoms with Gasteiger partial charge >= 0.3 is 7.60 Å². The molecule has 12 nitrogen and oxygen atoms in total. The molecular weight excluding hydrogens is 512 g/mol. The number of ether oxygens (including phenoxy) is 2. The molecule has 0 bridgehead atoms. The molecule has 0 amide bonds. The van der Waals surface area contributed by atoms with Crippen molar-refractivity contribution in [1.29, 1.82) is 0 Å². The van der Waals surface area contributed by atoms with Crippen molar-refractivity contribution in [2.75, 3.05) is 18.3 Å². The van der Waals surface area contributed by atoms with Gasteiger partial charge in [-0.05, 0) is 30.2 Å². The number of hydrogen-bond donors (Lipinski definition) is 5. The summed E-state index contributed by atoms with van der Waals surface area (Å²) in [6.45, 7) is 1.31. The van der Waals surface area contributed by atoms with Crippen molar-refractivity contribution in [1.82, 2.24) is 19.7 Å². The molecular formula is C19H22Cl2N5O7P. The van der Waals surface area contributed by atoms with E-state index in [-0.39, 0.29) is 17.5 Å². The van der Waals surface area contributed by atoms with Crippen molar-refractivity contribution in [3.63, 3.8) is 0 Å². The first-order chi connectivity index (χ1) is 16.0. The summed E-state index contributed by atoms with van der Waals surface area (Å²) in [5, 5.41) is 29.9. The van der Waals surface area contributed by atoms with E-state index in [9.17, 15) is 14.8 Å². The van der Waals surface area contributed by atoms with Crippen molar-refractivity contribution < 1.29 is 34.0 Å². The van der Waals surface area contributed by atoms with E-state index in [0.29, 0.717) is 22.8 Å². The van der Waals surface area contributed by atoms with Gasteiger partial charge in [-0.15, -0.1) is 0 Å². The number of aliphatic hydroxyl groups excluding tert-OH is 1. The van der Waals surface area contributed by atoms with Crippen molar-refractivity contribution in [2.24, 2.45) is 0 Å². The van der Waals surface area contributed by atoms with E-state index in [4.69, 9.17) is 42.5 Å². The van der Waals surface area contributed by atoms with Crippen LogP contribution in [0.25, 0.3) is 11.0 Å². The highest BCUT2D eigenvalue weighted by Crippen LogP contribution is 2.40. The molecule has 34 heavy (non-hydrogen) atoms. The van der Waals surface area contributed by atoms with Gasteiger partial charge in [0, 0.05) is 11.6 Å². The Kier molecular flexibility index (Phi) is 7.16. The molecule has 184 valence electrons. The third-order valence-corrected chi connectivity index (χ3v) is 6.48. The fraction of sp³-hybridized carbons (Fsp3) is 0.421. The summed E-state index contributed by atoms with van der Waals surface area (Å²) in [5.74, 6) is 0.377. The zero-order valence-corrected chi connectivity index (χ0v) is 20.2. The smallest absolute Gasteiger partial charge is 0.350 e. The molecule has 2 aromatic heterocycles. The fourth-order valence-electron chi connectivity index (χ4n) is 3.58. The maximum Gasteiger partial charge on any atom is 0.350 e. The molecule has 4 rings (SSSR count). The Morgan fingerprint density at radius 1 is 1.29 bits per heavy atom. The Labute approximate surface area is 203 Å². The SMILES string of the molecule is C[C@@]1(O)[C@@H](COCP(=O)(O)O)O[C@@H](n2ncc3c(NCc4ccccc4Cl)nc(Cl)nc32)[C@@H]1O. The number of rotatable bonds is 8. The molecule has 1 fully saturated rings. The number of aromatic nitrogens is 4. The summed E-state index contributed by atoms with van der Waals surface area (Å²) in [5.41, 5.74) is -0.735. The first kappa shape index (κ1) is 25.2. The van der Waals surface area contributed by atoms with Gasteiger partial charge in [0.05, 0.1) is 18.2 Å². The molecule has 15 heteroatoms. The van der Waals surface area contributed by atoms with Crippen molar-refractivity contribution in [3.8, 4) is 0 Å². The summed E-state index contributed by atoms with van der Waals surface area (Å²) < 4.78 is 23.0. The Bertz CT molecular complexity index is 1240. The molecule has 0 saturated carbocycles. The molecule has 1 saturated heterocycles. The lowest BCUT2D eigenvalue weighted by Crippen LogP contribution is -2.46. The van der Waals surface area contributed by atoms with Gasteiger partial charge in [-0.1, -0.05) is 29.8 Å². The molecule has 0 spiro atoms. The Balaban J connectivity index is 1.58. The van der Waals surface area contributed by atoms with Gasteiger partial charge in [-0.3, -0.25) is 4.57 Å². The van der Waals surface area contributed by atoms with Crippen LogP contribution in [0.4, 0.5) is 5.82 Å². The third kappa shape index (κ3) is 5.20. The molecule has 1 aliphatic heterocycles. The second-order valence-electron chi connectivity index (χ2n) is 7.96. The van der Waals surface area contributed by atoms with Gasteiger partial charge in [0.2, 0.25) is 5.28 Å². The van der Waals surface area contributed by atoms with E-state index in [2.05, 4.69) is 20.4 Å². The molecule has 1 aliphatic rings. The summed E-state index contributed by atoms with van der Waals surface area (Å²) in [6, 6.07) is 7.30. The number of halogens is 2. The average Bonchev–Trinajstić information content (AvgIpc) is 3.26. The number of anilines is 1. The van der Waals surface area contributed by atoms with E-state index < -0.39 is 38.0 Å². The number of hydrogen-bond acceptors (Lipinski definition) is 9. The molecule has 4 atom stereocenters. The zero-order valence-electron chi connectivity index (χ0n) is 17.7. The highest BCUT2D eigenvalue weighted by molar-refractivity contribution is 7.51. The first-order valence-corrected chi connectivity index (χ1v) is 12.6. The van der Waals surface area contributed by atoms with Crippen LogP contribution >= 0.6 is 30.8 Å². The quantitative estimate of drug-likeness (QED) is 0.211. The molecule has 3 aromatic rings.